The Morgan fingerprint density at radius 3 is 1.17 bits per heavy atom. The number of hydrogen-bond donors (Lipinski definition) is 0. The first-order valence-electron chi connectivity index (χ1n) is 26.9. The van der Waals surface area contributed by atoms with E-state index in [4.69, 9.17) is 52.1 Å². The van der Waals surface area contributed by atoms with Gasteiger partial charge in [-0.25, -0.2) is 14.4 Å². The number of hydrogen-bond acceptors (Lipinski definition) is 22. The zero-order valence-electron chi connectivity index (χ0n) is 46.1. The highest BCUT2D eigenvalue weighted by Gasteiger charge is 2.35. The second kappa shape index (κ2) is 33.2. The van der Waals surface area contributed by atoms with Gasteiger partial charge in [0.05, 0.1) is 69.7 Å². The van der Waals surface area contributed by atoms with Gasteiger partial charge >= 0.3 is 65.7 Å². The minimum atomic E-state index is -0.836. The van der Waals surface area contributed by atoms with Crippen LogP contribution in [-0.4, -0.2) is 111 Å². The Balaban J connectivity index is 0.967. The molecule has 0 aromatic heterocycles. The molecule has 2 atom stereocenters. The molecule has 0 radical (unpaired) electrons. The number of carbonyl (C=O) groups excluding carboxylic acids is 11. The van der Waals surface area contributed by atoms with Crippen molar-refractivity contribution in [3.8, 4) is 23.0 Å². The fraction of sp³-hybridized carbons (Fsp3) is 0.450. The van der Waals surface area contributed by atoms with Crippen molar-refractivity contribution < 1.29 is 105 Å². The van der Waals surface area contributed by atoms with Gasteiger partial charge in [-0.2, -0.15) is 0 Å². The van der Waals surface area contributed by atoms with Crippen molar-refractivity contribution in [2.45, 2.75) is 116 Å². The van der Waals surface area contributed by atoms with E-state index < -0.39 is 102 Å². The first-order chi connectivity index (χ1) is 39.3. The van der Waals surface area contributed by atoms with E-state index in [1.54, 1.807) is 62.4 Å². The van der Waals surface area contributed by atoms with Crippen molar-refractivity contribution >= 4 is 65.7 Å². The van der Waals surface area contributed by atoms with E-state index in [1.165, 1.54) is 18.2 Å². The van der Waals surface area contributed by atoms with Gasteiger partial charge in [-0.1, -0.05) is 37.4 Å². The number of ether oxygens (including phenoxy) is 11. The fourth-order valence-electron chi connectivity index (χ4n) is 8.57. The molecule has 0 heterocycles. The molecule has 3 aromatic carbocycles. The number of carbonyl (C=O) groups is 11. The fourth-order valence-corrected chi connectivity index (χ4v) is 8.57. The van der Waals surface area contributed by atoms with E-state index in [0.29, 0.717) is 75.7 Å². The van der Waals surface area contributed by atoms with E-state index in [-0.39, 0.29) is 69.2 Å². The lowest BCUT2D eigenvalue weighted by molar-refractivity contribution is -0.157. The first-order valence-corrected chi connectivity index (χ1v) is 26.9. The van der Waals surface area contributed by atoms with Crippen molar-refractivity contribution in [1.29, 1.82) is 0 Å². The summed E-state index contributed by atoms with van der Waals surface area (Å²) in [6, 6.07) is 17.4. The lowest BCUT2D eigenvalue weighted by Crippen LogP contribution is -2.31. The van der Waals surface area contributed by atoms with Crippen LogP contribution < -0.4 is 18.9 Å². The quantitative estimate of drug-likeness (QED) is 0.0288. The predicted molar refractivity (Wildman–Crippen MR) is 285 cm³/mol. The van der Waals surface area contributed by atoms with Crippen LogP contribution in [0.15, 0.2) is 92.0 Å². The third-order valence-electron chi connectivity index (χ3n) is 13.1. The van der Waals surface area contributed by atoms with Gasteiger partial charge < -0.3 is 52.1 Å². The smallest absolute Gasteiger partial charge is 0.341 e. The van der Waals surface area contributed by atoms with Gasteiger partial charge in [0.2, 0.25) is 0 Å². The molecule has 22 nitrogen and oxygen atoms in total. The molecular formula is C60H68O22. The molecule has 0 bridgehead atoms. The van der Waals surface area contributed by atoms with E-state index in [2.05, 4.69) is 13.2 Å². The van der Waals surface area contributed by atoms with E-state index in [9.17, 15) is 52.7 Å². The van der Waals surface area contributed by atoms with Gasteiger partial charge in [-0.3, -0.25) is 38.4 Å². The van der Waals surface area contributed by atoms with Gasteiger partial charge in [-0.15, -0.1) is 0 Å². The maximum atomic E-state index is 13.4. The molecule has 22 heteroatoms. The van der Waals surface area contributed by atoms with Crippen molar-refractivity contribution in [1.82, 2.24) is 0 Å². The predicted octanol–water partition coefficient (Wildman–Crippen LogP) is 7.16. The zero-order chi connectivity index (χ0) is 59.6. The minimum Gasteiger partial charge on any atom is -0.465 e. The van der Waals surface area contributed by atoms with Crippen LogP contribution in [0.25, 0.3) is 0 Å². The third-order valence-corrected chi connectivity index (χ3v) is 13.1. The Hall–Kier alpha value is -8.69. The van der Waals surface area contributed by atoms with Gasteiger partial charge in [0, 0.05) is 25.0 Å². The van der Waals surface area contributed by atoms with Crippen molar-refractivity contribution in [2.75, 3.05) is 33.5 Å². The molecule has 2 saturated carbocycles. The molecule has 0 aliphatic heterocycles. The van der Waals surface area contributed by atoms with Gasteiger partial charge in [-0.05, 0) is 119 Å². The number of rotatable bonds is 29. The monoisotopic (exact) mass is 1140 g/mol. The summed E-state index contributed by atoms with van der Waals surface area (Å²) >= 11 is 0. The third kappa shape index (κ3) is 22.1. The van der Waals surface area contributed by atoms with Crippen molar-refractivity contribution in [2.24, 2.45) is 23.7 Å². The summed E-state index contributed by atoms with van der Waals surface area (Å²) in [4.78, 5) is 136. The average molecular weight is 1140 g/mol. The molecule has 0 N–H and O–H groups in total. The second-order valence-electron chi connectivity index (χ2n) is 19.4. The van der Waals surface area contributed by atoms with Crippen LogP contribution in [0.3, 0.4) is 0 Å². The molecule has 82 heavy (non-hydrogen) atoms. The summed E-state index contributed by atoms with van der Waals surface area (Å²) in [6.45, 7) is 9.46. The summed E-state index contributed by atoms with van der Waals surface area (Å²) in [6.07, 6.45) is 3.25. The second-order valence-corrected chi connectivity index (χ2v) is 19.4. The van der Waals surface area contributed by atoms with Crippen LogP contribution in [0.2, 0.25) is 0 Å². The lowest BCUT2D eigenvalue weighted by Gasteiger charge is -2.26. The summed E-state index contributed by atoms with van der Waals surface area (Å²) in [5.74, 6) is -8.18. The number of methoxy groups -OCH3 is 1. The Morgan fingerprint density at radius 1 is 0.463 bits per heavy atom. The summed E-state index contributed by atoms with van der Waals surface area (Å²) < 4.78 is 57.8. The van der Waals surface area contributed by atoms with Crippen LogP contribution in [-0.2, 0) is 93.9 Å². The Morgan fingerprint density at radius 2 is 0.805 bits per heavy atom. The maximum absolute atomic E-state index is 13.4. The molecule has 3 aromatic rings. The summed E-state index contributed by atoms with van der Waals surface area (Å²) in [5, 5.41) is 0. The average Bonchev–Trinajstić information content (AvgIpc) is 3.52. The Kier molecular flexibility index (Phi) is 25.9. The molecule has 0 saturated heterocycles. The molecule has 2 unspecified atom stereocenters. The summed E-state index contributed by atoms with van der Waals surface area (Å²) in [5.41, 5.74) is 1.46. The number of esters is 11. The molecule has 5 rings (SSSR count). The van der Waals surface area contributed by atoms with E-state index in [0.717, 1.165) is 30.4 Å². The Labute approximate surface area is 474 Å². The van der Waals surface area contributed by atoms with Gasteiger partial charge in [0.25, 0.3) is 0 Å². The van der Waals surface area contributed by atoms with E-state index in [1.807, 2.05) is 0 Å². The topological polar surface area (TPSA) is 289 Å². The van der Waals surface area contributed by atoms with Crippen LogP contribution >= 0.6 is 0 Å². The molecule has 2 aliphatic carbocycles. The van der Waals surface area contributed by atoms with Crippen LogP contribution in [0.4, 0.5) is 0 Å². The molecule has 0 spiro atoms. The summed E-state index contributed by atoms with van der Waals surface area (Å²) in [7, 11) is 1.15. The Bertz CT molecular complexity index is 2750. The van der Waals surface area contributed by atoms with Crippen LogP contribution in [0.5, 0.6) is 23.0 Å². The normalized spacial score (nSPS) is 17.1. The maximum Gasteiger partial charge on any atom is 0.341 e. The minimum absolute atomic E-state index is 0.0196. The highest BCUT2D eigenvalue weighted by molar-refractivity contribution is 5.94. The molecular weight excluding hydrogens is 1070 g/mol. The lowest BCUT2D eigenvalue weighted by atomic mass is 9.82. The van der Waals surface area contributed by atoms with Gasteiger partial charge in [0.1, 0.15) is 54.0 Å². The molecule has 2 aliphatic rings. The van der Waals surface area contributed by atoms with Crippen LogP contribution in [0, 0.1) is 23.7 Å². The van der Waals surface area contributed by atoms with Gasteiger partial charge in [0.15, 0.2) is 0 Å². The molecule has 0 amide bonds. The SMILES string of the molecule is C=CC(=O)OCC(C)OC(=O)CCC(=O)OCCc1ccc(OC(=O)C2CCC(C(=O)Oc3ccc(OC(=O)C4CCC(C(=O)Oc5ccc(CCOC(=O)CCC(=O)OC(C)COC(=O)C=C)cc5)CC4)c(C(=O)OC)c3)CC2)cc1. The van der Waals surface area contributed by atoms with E-state index >= 15 is 0 Å². The highest BCUT2D eigenvalue weighted by atomic mass is 16.6. The standard InChI is InChI=1S/C60H68O22/c1-6-50(61)75-35-37(3)77-54(65)28-26-52(63)73-32-30-39-8-20-45(21-9-39)79-56(67)41-12-14-43(15-13-41)58(69)81-47-24-25-49(48(34-47)60(71)72-5)82-59(70)44-18-16-42(17-19-44)57(68)80-46-22-10-40(11-23-46)31-33-74-53(64)27-29-55(66)78-38(4)36-76-51(62)7-2/h6-11,20-25,34,37-38,41-44H,1-2,12-19,26-33,35-36H2,3-5H3. The first kappa shape index (κ1) is 64.1. The molecule has 440 valence electrons. The van der Waals surface area contributed by atoms with Crippen molar-refractivity contribution in [3.63, 3.8) is 0 Å². The largest absolute Gasteiger partial charge is 0.465 e. The molecule has 2 fully saturated rings. The van der Waals surface area contributed by atoms with Crippen molar-refractivity contribution in [3.05, 3.63) is 109 Å². The highest BCUT2D eigenvalue weighted by Crippen LogP contribution is 2.35. The zero-order valence-corrected chi connectivity index (χ0v) is 46.1. The number of benzene rings is 3. The van der Waals surface area contributed by atoms with Crippen LogP contribution in [0.1, 0.15) is 112 Å².